The van der Waals surface area contributed by atoms with Gasteiger partial charge in [-0.3, -0.25) is 24.0 Å². The van der Waals surface area contributed by atoms with Gasteiger partial charge in [-0.1, -0.05) is 24.3 Å². The Labute approximate surface area is 179 Å². The molecular formula is C20H22N4O6S. The molecule has 0 saturated carbocycles. The summed E-state index contributed by atoms with van der Waals surface area (Å²) in [5, 5.41) is 16.2. The predicted molar refractivity (Wildman–Crippen MR) is 117 cm³/mol. The number of benzene rings is 2. The molecule has 2 amide bonds. The van der Waals surface area contributed by atoms with Crippen molar-refractivity contribution >= 4 is 38.9 Å². The van der Waals surface area contributed by atoms with Crippen LogP contribution < -0.4 is 14.9 Å². The maximum absolute atomic E-state index is 12.9. The highest BCUT2D eigenvalue weighted by atomic mass is 32.2. The number of non-ortho nitro benzene ring substituents is 1. The Balaban J connectivity index is 2.36. The zero-order chi connectivity index (χ0) is 23.2. The van der Waals surface area contributed by atoms with Gasteiger partial charge in [-0.15, -0.1) is 6.58 Å². The number of para-hydroxylation sites is 1. The molecule has 164 valence electrons. The van der Waals surface area contributed by atoms with Crippen molar-refractivity contribution in [3.63, 3.8) is 0 Å². The van der Waals surface area contributed by atoms with Gasteiger partial charge in [-0.2, -0.15) is 0 Å². The standard InChI is InChI=1S/C20H22N4O6S/c1-4-12-21-20(26)17-10-5-6-11-18(17)22-19(25)14(2)23(31(3,29)30)15-8-7-9-16(13-15)24(27)28/h4-11,13-14H,1,12H2,2-3H3,(H,21,26)(H,22,25)/t14-/m1/s1. The Kier molecular flexibility index (Phi) is 7.48. The summed E-state index contributed by atoms with van der Waals surface area (Å²) in [5.74, 6) is -1.16. The molecule has 0 heterocycles. The van der Waals surface area contributed by atoms with Gasteiger partial charge in [-0.05, 0) is 25.1 Å². The molecule has 0 aromatic heterocycles. The second kappa shape index (κ2) is 9.85. The first-order valence-corrected chi connectivity index (χ1v) is 10.9. The number of nitro benzene ring substituents is 1. The number of rotatable bonds is 9. The Bertz CT molecular complexity index is 1120. The summed E-state index contributed by atoms with van der Waals surface area (Å²) in [6, 6.07) is 9.95. The van der Waals surface area contributed by atoms with Crippen molar-refractivity contribution in [1.29, 1.82) is 0 Å². The molecule has 0 bridgehead atoms. The maximum Gasteiger partial charge on any atom is 0.271 e. The molecule has 0 aliphatic carbocycles. The molecule has 2 rings (SSSR count). The van der Waals surface area contributed by atoms with E-state index in [0.29, 0.717) is 0 Å². The van der Waals surface area contributed by atoms with Crippen LogP contribution in [0.4, 0.5) is 17.1 Å². The summed E-state index contributed by atoms with van der Waals surface area (Å²) in [4.78, 5) is 35.6. The van der Waals surface area contributed by atoms with Crippen LogP contribution in [0.3, 0.4) is 0 Å². The van der Waals surface area contributed by atoms with E-state index in [-0.39, 0.29) is 29.2 Å². The number of sulfonamides is 1. The van der Waals surface area contributed by atoms with Gasteiger partial charge < -0.3 is 10.6 Å². The van der Waals surface area contributed by atoms with E-state index in [4.69, 9.17) is 0 Å². The number of anilines is 2. The average Bonchev–Trinajstić information content (AvgIpc) is 2.71. The van der Waals surface area contributed by atoms with Crippen LogP contribution in [-0.4, -0.2) is 44.0 Å². The summed E-state index contributed by atoms with van der Waals surface area (Å²) < 4.78 is 25.6. The number of nitrogens with one attached hydrogen (secondary N) is 2. The Hall–Kier alpha value is -3.73. The largest absolute Gasteiger partial charge is 0.349 e. The molecule has 0 saturated heterocycles. The molecule has 31 heavy (non-hydrogen) atoms. The highest BCUT2D eigenvalue weighted by Crippen LogP contribution is 2.26. The smallest absolute Gasteiger partial charge is 0.271 e. The van der Waals surface area contributed by atoms with Crippen molar-refractivity contribution in [2.75, 3.05) is 22.4 Å². The Morgan fingerprint density at radius 1 is 1.23 bits per heavy atom. The summed E-state index contributed by atoms with van der Waals surface area (Å²) in [6.07, 6.45) is 2.40. The van der Waals surface area contributed by atoms with Crippen LogP contribution in [0.5, 0.6) is 0 Å². The van der Waals surface area contributed by atoms with Crippen molar-refractivity contribution in [2.24, 2.45) is 0 Å². The SMILES string of the molecule is C=CCNC(=O)c1ccccc1NC(=O)[C@@H](C)N(c1cccc([N+](=O)[O-])c1)S(C)(=O)=O. The van der Waals surface area contributed by atoms with Gasteiger partial charge in [-0.25, -0.2) is 8.42 Å². The molecule has 11 heteroatoms. The number of nitro groups is 1. The molecule has 0 unspecified atom stereocenters. The first-order valence-electron chi connectivity index (χ1n) is 9.09. The molecular weight excluding hydrogens is 424 g/mol. The van der Waals surface area contributed by atoms with Crippen LogP contribution in [0.25, 0.3) is 0 Å². The quantitative estimate of drug-likeness (QED) is 0.344. The highest BCUT2D eigenvalue weighted by Gasteiger charge is 2.30. The molecule has 0 aliphatic rings. The van der Waals surface area contributed by atoms with Crippen molar-refractivity contribution in [1.82, 2.24) is 5.32 Å². The lowest BCUT2D eigenvalue weighted by Gasteiger charge is -2.28. The number of carbonyl (C=O) groups is 2. The number of hydrogen-bond acceptors (Lipinski definition) is 6. The van der Waals surface area contributed by atoms with Crippen LogP contribution in [0.1, 0.15) is 17.3 Å². The Morgan fingerprint density at radius 2 is 1.90 bits per heavy atom. The molecule has 10 nitrogen and oxygen atoms in total. The van der Waals surface area contributed by atoms with E-state index >= 15 is 0 Å². The minimum absolute atomic E-state index is 0.0311. The molecule has 2 N–H and O–H groups in total. The fraction of sp³-hybridized carbons (Fsp3) is 0.200. The van der Waals surface area contributed by atoms with Crippen LogP contribution in [0, 0.1) is 10.1 Å². The van der Waals surface area contributed by atoms with Crippen molar-refractivity contribution in [3.8, 4) is 0 Å². The fourth-order valence-corrected chi connectivity index (χ4v) is 4.01. The van der Waals surface area contributed by atoms with E-state index in [1.54, 1.807) is 12.1 Å². The van der Waals surface area contributed by atoms with Gasteiger partial charge in [0.25, 0.3) is 11.6 Å². The molecule has 1 atom stereocenters. The number of carbonyl (C=O) groups excluding carboxylic acids is 2. The minimum atomic E-state index is -3.98. The minimum Gasteiger partial charge on any atom is -0.349 e. The number of nitrogens with zero attached hydrogens (tertiary/aromatic N) is 2. The first-order chi connectivity index (χ1) is 14.6. The second-order valence-corrected chi connectivity index (χ2v) is 8.40. The number of amides is 2. The van der Waals surface area contributed by atoms with Gasteiger partial charge in [0, 0.05) is 18.7 Å². The molecule has 2 aromatic rings. The van der Waals surface area contributed by atoms with Crippen LogP contribution in [0.2, 0.25) is 0 Å². The van der Waals surface area contributed by atoms with E-state index in [9.17, 15) is 28.1 Å². The average molecular weight is 446 g/mol. The van der Waals surface area contributed by atoms with Crippen LogP contribution in [0.15, 0.2) is 61.2 Å². The van der Waals surface area contributed by atoms with Crippen LogP contribution >= 0.6 is 0 Å². The monoisotopic (exact) mass is 446 g/mol. The van der Waals surface area contributed by atoms with Crippen molar-refractivity contribution < 1.29 is 22.9 Å². The summed E-state index contributed by atoms with van der Waals surface area (Å²) >= 11 is 0. The van der Waals surface area contributed by atoms with Gasteiger partial charge >= 0.3 is 0 Å². The Morgan fingerprint density at radius 3 is 2.52 bits per heavy atom. The predicted octanol–water partition coefficient (Wildman–Crippen LogP) is 2.30. The second-order valence-electron chi connectivity index (χ2n) is 6.55. The third kappa shape index (κ3) is 5.89. The summed E-state index contributed by atoms with van der Waals surface area (Å²) in [6.45, 7) is 5.09. The summed E-state index contributed by atoms with van der Waals surface area (Å²) in [7, 11) is -3.98. The topological polar surface area (TPSA) is 139 Å². The van der Waals surface area contributed by atoms with E-state index in [1.165, 1.54) is 43.3 Å². The number of hydrogen-bond donors (Lipinski definition) is 2. The molecule has 0 spiro atoms. The van der Waals surface area contributed by atoms with E-state index in [1.807, 2.05) is 0 Å². The van der Waals surface area contributed by atoms with Gasteiger partial charge in [0.05, 0.1) is 28.1 Å². The summed E-state index contributed by atoms with van der Waals surface area (Å²) in [5.41, 5.74) is 0.0268. The fourth-order valence-electron chi connectivity index (χ4n) is 2.84. The lowest BCUT2D eigenvalue weighted by atomic mass is 10.1. The van der Waals surface area contributed by atoms with Crippen molar-refractivity contribution in [2.45, 2.75) is 13.0 Å². The lowest BCUT2D eigenvalue weighted by molar-refractivity contribution is -0.384. The van der Waals surface area contributed by atoms with Gasteiger partial charge in [0.2, 0.25) is 15.9 Å². The third-order valence-corrected chi connectivity index (χ3v) is 5.46. The van der Waals surface area contributed by atoms with Crippen LogP contribution in [-0.2, 0) is 14.8 Å². The van der Waals surface area contributed by atoms with Gasteiger partial charge in [0.15, 0.2) is 0 Å². The highest BCUT2D eigenvalue weighted by molar-refractivity contribution is 7.92. The zero-order valence-electron chi connectivity index (χ0n) is 16.9. The maximum atomic E-state index is 12.9. The third-order valence-electron chi connectivity index (χ3n) is 4.22. The zero-order valence-corrected chi connectivity index (χ0v) is 17.8. The van der Waals surface area contributed by atoms with E-state index < -0.39 is 32.8 Å². The molecule has 0 fully saturated rings. The lowest BCUT2D eigenvalue weighted by Crippen LogP contribution is -2.45. The normalized spacial score (nSPS) is 11.8. The van der Waals surface area contributed by atoms with Crippen molar-refractivity contribution in [3.05, 3.63) is 76.9 Å². The first kappa shape index (κ1) is 23.5. The van der Waals surface area contributed by atoms with Gasteiger partial charge in [0.1, 0.15) is 6.04 Å². The van der Waals surface area contributed by atoms with E-state index in [0.717, 1.165) is 16.6 Å². The molecule has 0 radical (unpaired) electrons. The molecule has 0 aliphatic heterocycles. The van der Waals surface area contributed by atoms with E-state index in [2.05, 4.69) is 17.2 Å². The molecule has 2 aromatic carbocycles.